The van der Waals surface area contributed by atoms with Crippen LogP contribution in [0, 0.1) is 0 Å². The first-order valence-corrected chi connectivity index (χ1v) is 6.86. The number of rotatable bonds is 4. The summed E-state index contributed by atoms with van der Waals surface area (Å²) >= 11 is 0. The summed E-state index contributed by atoms with van der Waals surface area (Å²) in [6.07, 6.45) is -2.13. The van der Waals surface area contributed by atoms with Gasteiger partial charge < -0.3 is 10.5 Å². The van der Waals surface area contributed by atoms with E-state index in [9.17, 15) is 18.0 Å². The second-order valence-corrected chi connectivity index (χ2v) is 5.00. The van der Waals surface area contributed by atoms with Crippen molar-refractivity contribution in [3.05, 3.63) is 52.9 Å². The topological polar surface area (TPSA) is 52.3 Å². The summed E-state index contributed by atoms with van der Waals surface area (Å²) in [5.41, 5.74) is 5.95. The van der Waals surface area contributed by atoms with Crippen molar-refractivity contribution in [3.8, 4) is 0 Å². The van der Waals surface area contributed by atoms with Gasteiger partial charge >= 0.3 is 6.18 Å². The SMILES string of the molecule is CCCO/C=C1\CC(N)=C(c2cccc(C(F)(F)F)c2)C1=O. The van der Waals surface area contributed by atoms with Crippen LogP contribution in [0.4, 0.5) is 13.2 Å². The summed E-state index contributed by atoms with van der Waals surface area (Å²) in [6.45, 7) is 2.39. The molecule has 0 atom stereocenters. The lowest BCUT2D eigenvalue weighted by atomic mass is 10.0. The van der Waals surface area contributed by atoms with Gasteiger partial charge in [0.1, 0.15) is 0 Å². The Labute approximate surface area is 126 Å². The highest BCUT2D eigenvalue weighted by Gasteiger charge is 2.33. The number of alkyl halides is 3. The Hall–Kier alpha value is -2.24. The average molecular weight is 311 g/mol. The van der Waals surface area contributed by atoms with Gasteiger partial charge in [-0.15, -0.1) is 0 Å². The summed E-state index contributed by atoms with van der Waals surface area (Å²) in [4.78, 5) is 12.3. The lowest BCUT2D eigenvalue weighted by molar-refractivity contribution is -0.137. The van der Waals surface area contributed by atoms with E-state index < -0.39 is 11.7 Å². The van der Waals surface area contributed by atoms with E-state index in [0.29, 0.717) is 12.2 Å². The van der Waals surface area contributed by atoms with E-state index in [4.69, 9.17) is 10.5 Å². The summed E-state index contributed by atoms with van der Waals surface area (Å²) in [5, 5.41) is 0. The molecule has 1 aliphatic rings. The van der Waals surface area contributed by atoms with Gasteiger partial charge in [0.05, 0.1) is 18.4 Å². The standard InChI is InChI=1S/C16H16F3NO2/c1-2-6-22-9-11-8-13(20)14(15(11)21)10-4-3-5-12(7-10)16(17,18)19/h3-5,7,9H,2,6,8,20H2,1H3/b11-9+. The third kappa shape index (κ3) is 3.32. The van der Waals surface area contributed by atoms with Gasteiger partial charge in [-0.25, -0.2) is 0 Å². The second kappa shape index (κ2) is 6.25. The maximum Gasteiger partial charge on any atom is 0.416 e. The van der Waals surface area contributed by atoms with Gasteiger partial charge in [0.25, 0.3) is 0 Å². The van der Waals surface area contributed by atoms with Crippen LogP contribution in [-0.2, 0) is 15.7 Å². The first kappa shape index (κ1) is 16.1. The Morgan fingerprint density at radius 1 is 1.36 bits per heavy atom. The van der Waals surface area contributed by atoms with Crippen molar-refractivity contribution >= 4 is 11.4 Å². The van der Waals surface area contributed by atoms with Crippen LogP contribution in [0.5, 0.6) is 0 Å². The highest BCUT2D eigenvalue weighted by molar-refractivity contribution is 6.32. The summed E-state index contributed by atoms with van der Waals surface area (Å²) in [5.74, 6) is -0.382. The van der Waals surface area contributed by atoms with Crippen molar-refractivity contribution in [2.45, 2.75) is 25.9 Å². The van der Waals surface area contributed by atoms with Crippen LogP contribution in [0.3, 0.4) is 0 Å². The summed E-state index contributed by atoms with van der Waals surface area (Å²) in [6, 6.07) is 4.61. The number of hydrogen-bond donors (Lipinski definition) is 1. The van der Waals surface area contributed by atoms with Crippen LogP contribution in [0.25, 0.3) is 5.57 Å². The molecule has 0 fully saturated rings. The van der Waals surface area contributed by atoms with Gasteiger partial charge in [-0.2, -0.15) is 13.2 Å². The highest BCUT2D eigenvalue weighted by Crippen LogP contribution is 2.35. The Morgan fingerprint density at radius 2 is 2.09 bits per heavy atom. The highest BCUT2D eigenvalue weighted by atomic mass is 19.4. The van der Waals surface area contributed by atoms with Crippen molar-refractivity contribution in [2.24, 2.45) is 5.73 Å². The van der Waals surface area contributed by atoms with Gasteiger partial charge in [0.2, 0.25) is 0 Å². The van der Waals surface area contributed by atoms with Crippen LogP contribution in [-0.4, -0.2) is 12.4 Å². The van der Waals surface area contributed by atoms with Crippen molar-refractivity contribution in [1.29, 1.82) is 0 Å². The Balaban J connectivity index is 2.31. The zero-order chi connectivity index (χ0) is 16.3. The Bertz CT molecular complexity index is 645. The number of allylic oxidation sites excluding steroid dienone is 2. The molecule has 0 bridgehead atoms. The van der Waals surface area contributed by atoms with Crippen molar-refractivity contribution in [3.63, 3.8) is 0 Å². The quantitative estimate of drug-likeness (QED) is 0.524. The van der Waals surface area contributed by atoms with Crippen LogP contribution >= 0.6 is 0 Å². The van der Waals surface area contributed by atoms with E-state index in [1.165, 1.54) is 18.4 Å². The molecule has 0 radical (unpaired) electrons. The van der Waals surface area contributed by atoms with Gasteiger partial charge in [-0.3, -0.25) is 4.79 Å². The van der Waals surface area contributed by atoms with Gasteiger partial charge in [-0.05, 0) is 24.1 Å². The lowest BCUT2D eigenvalue weighted by Crippen LogP contribution is -2.07. The molecule has 22 heavy (non-hydrogen) atoms. The van der Waals surface area contributed by atoms with Crippen molar-refractivity contribution in [1.82, 2.24) is 0 Å². The first-order valence-electron chi connectivity index (χ1n) is 6.86. The molecule has 1 aliphatic carbocycles. The van der Waals surface area contributed by atoms with E-state index in [1.807, 2.05) is 6.92 Å². The van der Waals surface area contributed by atoms with E-state index in [0.717, 1.165) is 18.6 Å². The largest absolute Gasteiger partial charge is 0.501 e. The van der Waals surface area contributed by atoms with E-state index in [2.05, 4.69) is 0 Å². The predicted molar refractivity (Wildman–Crippen MR) is 76.5 cm³/mol. The Kier molecular flexibility index (Phi) is 4.59. The minimum atomic E-state index is -4.46. The first-order chi connectivity index (χ1) is 10.3. The molecule has 0 spiro atoms. The number of halogens is 3. The molecule has 0 saturated carbocycles. The van der Waals surface area contributed by atoms with Crippen LogP contribution in [0.2, 0.25) is 0 Å². The normalized spacial score (nSPS) is 17.5. The fourth-order valence-corrected chi connectivity index (χ4v) is 2.22. The molecule has 6 heteroatoms. The number of carbonyl (C=O) groups is 1. The number of benzene rings is 1. The molecule has 0 aromatic heterocycles. The summed E-state index contributed by atoms with van der Waals surface area (Å²) in [7, 11) is 0. The van der Waals surface area contributed by atoms with E-state index in [1.54, 1.807) is 0 Å². The molecule has 0 aliphatic heterocycles. The number of Topliss-reactive ketones (excluding diaryl/α,β-unsaturated/α-hetero) is 1. The molecule has 0 unspecified atom stereocenters. The molecular weight excluding hydrogens is 295 g/mol. The van der Waals surface area contributed by atoms with Crippen LogP contribution < -0.4 is 5.73 Å². The van der Waals surface area contributed by atoms with Crippen LogP contribution in [0.1, 0.15) is 30.9 Å². The van der Waals surface area contributed by atoms with E-state index in [-0.39, 0.29) is 29.0 Å². The van der Waals surface area contributed by atoms with Gasteiger partial charge in [-0.1, -0.05) is 19.1 Å². The number of ketones is 1. The maximum atomic E-state index is 12.8. The molecule has 0 amide bonds. The minimum Gasteiger partial charge on any atom is -0.501 e. The fourth-order valence-electron chi connectivity index (χ4n) is 2.22. The zero-order valence-corrected chi connectivity index (χ0v) is 12.0. The third-order valence-corrected chi connectivity index (χ3v) is 3.25. The maximum absolute atomic E-state index is 12.8. The summed E-state index contributed by atoms with van der Waals surface area (Å²) < 4.78 is 43.5. The molecular formula is C16H16F3NO2. The van der Waals surface area contributed by atoms with Crippen molar-refractivity contribution in [2.75, 3.05) is 6.61 Å². The molecule has 2 rings (SSSR count). The Morgan fingerprint density at radius 3 is 2.73 bits per heavy atom. The molecule has 0 heterocycles. The number of ether oxygens (including phenoxy) is 1. The molecule has 118 valence electrons. The average Bonchev–Trinajstić information content (AvgIpc) is 2.73. The second-order valence-electron chi connectivity index (χ2n) is 5.00. The number of nitrogens with two attached hydrogens (primary N) is 1. The monoisotopic (exact) mass is 311 g/mol. The fraction of sp³-hybridized carbons (Fsp3) is 0.312. The molecule has 0 saturated heterocycles. The van der Waals surface area contributed by atoms with Crippen molar-refractivity contribution < 1.29 is 22.7 Å². The lowest BCUT2D eigenvalue weighted by Gasteiger charge is -2.09. The number of hydrogen-bond acceptors (Lipinski definition) is 3. The molecule has 1 aromatic rings. The minimum absolute atomic E-state index is 0.123. The molecule has 2 N–H and O–H groups in total. The number of carbonyl (C=O) groups excluding carboxylic acids is 1. The zero-order valence-electron chi connectivity index (χ0n) is 12.0. The third-order valence-electron chi connectivity index (χ3n) is 3.25. The predicted octanol–water partition coefficient (Wildman–Crippen LogP) is 3.66. The van der Waals surface area contributed by atoms with E-state index >= 15 is 0 Å². The molecule has 1 aromatic carbocycles. The van der Waals surface area contributed by atoms with Gasteiger partial charge in [0, 0.05) is 23.3 Å². The smallest absolute Gasteiger partial charge is 0.416 e. The van der Waals surface area contributed by atoms with Gasteiger partial charge in [0.15, 0.2) is 5.78 Å². The molecule has 3 nitrogen and oxygen atoms in total. The van der Waals surface area contributed by atoms with Crippen LogP contribution in [0.15, 0.2) is 41.8 Å².